The molecule has 2 aromatic rings. The van der Waals surface area contributed by atoms with Gasteiger partial charge in [-0.1, -0.05) is 23.7 Å². The molecule has 110 valence electrons. The molecule has 7 heteroatoms. The zero-order valence-electron chi connectivity index (χ0n) is 10.7. The van der Waals surface area contributed by atoms with Crippen LogP contribution in [0.5, 0.6) is 0 Å². The number of carbonyl (C=O) groups is 1. The van der Waals surface area contributed by atoms with Gasteiger partial charge in [0.05, 0.1) is 18.2 Å². The topological polar surface area (TPSA) is 39.2 Å². The predicted octanol–water partition coefficient (Wildman–Crippen LogP) is 4.21. The zero-order chi connectivity index (χ0) is 15.6. The number of alkyl halides is 3. The molecule has 3 nitrogen and oxygen atoms in total. The number of ether oxygens (including phenoxy) is 1. The average molecular weight is 316 g/mol. The summed E-state index contributed by atoms with van der Waals surface area (Å²) in [6, 6.07) is 5.94. The van der Waals surface area contributed by atoms with Gasteiger partial charge in [-0.05, 0) is 23.8 Å². The van der Waals surface area contributed by atoms with Gasteiger partial charge in [0.25, 0.3) is 0 Å². The van der Waals surface area contributed by atoms with Gasteiger partial charge in [0.1, 0.15) is 5.15 Å². The predicted molar refractivity (Wildman–Crippen MR) is 71.0 cm³/mol. The number of pyridine rings is 1. The second-order valence-corrected chi connectivity index (χ2v) is 4.49. The normalized spacial score (nSPS) is 11.3. The average Bonchev–Trinajstić information content (AvgIpc) is 2.46. The summed E-state index contributed by atoms with van der Waals surface area (Å²) in [5.41, 5.74) is 0.253. The quantitative estimate of drug-likeness (QED) is 0.615. The number of benzene rings is 1. The number of hydrogen-bond donors (Lipinski definition) is 0. The van der Waals surface area contributed by atoms with E-state index in [0.717, 1.165) is 12.1 Å². The maximum absolute atomic E-state index is 12.5. The maximum atomic E-state index is 12.5. The van der Waals surface area contributed by atoms with Crippen molar-refractivity contribution in [1.29, 1.82) is 0 Å². The lowest BCUT2D eigenvalue weighted by Gasteiger charge is -2.09. The maximum Gasteiger partial charge on any atom is 0.416 e. The Hall–Kier alpha value is -2.08. The van der Waals surface area contributed by atoms with Crippen LogP contribution in [-0.2, 0) is 10.9 Å². The Labute approximate surface area is 123 Å². The molecule has 0 saturated heterocycles. The van der Waals surface area contributed by atoms with Crippen molar-refractivity contribution in [2.45, 2.75) is 6.18 Å². The first kappa shape index (κ1) is 15.3. The summed E-state index contributed by atoms with van der Waals surface area (Å²) in [6.45, 7) is 0. The molecule has 0 aliphatic heterocycles. The van der Waals surface area contributed by atoms with Crippen molar-refractivity contribution in [3.8, 4) is 11.1 Å². The lowest BCUT2D eigenvalue weighted by Crippen LogP contribution is -2.05. The van der Waals surface area contributed by atoms with Crippen LogP contribution in [0.4, 0.5) is 13.2 Å². The molecule has 0 aliphatic rings. The molecular formula is C14H9ClF3NO2. The number of rotatable bonds is 2. The number of esters is 1. The molecule has 21 heavy (non-hydrogen) atoms. The molecule has 1 heterocycles. The molecule has 0 spiro atoms. The summed E-state index contributed by atoms with van der Waals surface area (Å²) in [7, 11) is 1.20. The highest BCUT2D eigenvalue weighted by molar-refractivity contribution is 6.32. The largest absolute Gasteiger partial charge is 0.465 e. The summed E-state index contributed by atoms with van der Waals surface area (Å²) in [5.74, 6) is -0.665. The second kappa shape index (κ2) is 5.73. The molecule has 0 amide bonds. The van der Waals surface area contributed by atoms with Crippen molar-refractivity contribution in [3.63, 3.8) is 0 Å². The van der Waals surface area contributed by atoms with Crippen LogP contribution in [-0.4, -0.2) is 18.1 Å². The first-order valence-electron chi connectivity index (χ1n) is 5.74. The van der Waals surface area contributed by atoms with Gasteiger partial charge in [-0.2, -0.15) is 13.2 Å². The summed E-state index contributed by atoms with van der Waals surface area (Å²) >= 11 is 5.78. The number of methoxy groups -OCH3 is 1. The Kier molecular flexibility index (Phi) is 4.18. The highest BCUT2D eigenvalue weighted by Crippen LogP contribution is 2.31. The van der Waals surface area contributed by atoms with Gasteiger partial charge >= 0.3 is 12.1 Å². The van der Waals surface area contributed by atoms with Crippen molar-refractivity contribution < 1.29 is 22.7 Å². The van der Waals surface area contributed by atoms with E-state index in [1.54, 1.807) is 0 Å². The van der Waals surface area contributed by atoms with E-state index in [9.17, 15) is 18.0 Å². The second-order valence-electron chi connectivity index (χ2n) is 4.13. The molecule has 0 unspecified atom stereocenters. The third kappa shape index (κ3) is 3.33. The van der Waals surface area contributed by atoms with Crippen molar-refractivity contribution >= 4 is 17.6 Å². The molecule has 0 atom stereocenters. The number of hydrogen-bond acceptors (Lipinski definition) is 3. The molecular weight excluding hydrogens is 307 g/mol. The van der Waals surface area contributed by atoms with E-state index >= 15 is 0 Å². The van der Waals surface area contributed by atoms with Gasteiger partial charge in [0.15, 0.2) is 0 Å². The highest BCUT2D eigenvalue weighted by Gasteiger charge is 2.30. The van der Waals surface area contributed by atoms with E-state index in [2.05, 4.69) is 9.72 Å². The molecule has 0 bridgehead atoms. The molecule has 2 rings (SSSR count). The van der Waals surface area contributed by atoms with E-state index < -0.39 is 17.7 Å². The minimum absolute atomic E-state index is 0.0301. The van der Waals surface area contributed by atoms with Crippen molar-refractivity contribution in [2.75, 3.05) is 7.11 Å². The van der Waals surface area contributed by atoms with Crippen LogP contribution in [0.2, 0.25) is 5.15 Å². The van der Waals surface area contributed by atoms with Gasteiger partial charge in [-0.3, -0.25) is 0 Å². The van der Waals surface area contributed by atoms with E-state index in [1.165, 1.54) is 31.5 Å². The summed E-state index contributed by atoms with van der Waals surface area (Å²) in [4.78, 5) is 15.3. The van der Waals surface area contributed by atoms with Crippen molar-refractivity contribution in [1.82, 2.24) is 4.98 Å². The minimum atomic E-state index is -4.39. The molecule has 0 radical (unpaired) electrons. The van der Waals surface area contributed by atoms with Crippen LogP contribution >= 0.6 is 11.6 Å². The molecule has 1 aromatic carbocycles. The Morgan fingerprint density at radius 3 is 2.33 bits per heavy atom. The number of carbonyl (C=O) groups excluding carboxylic acids is 1. The number of aromatic nitrogens is 1. The Bertz CT molecular complexity index is 669. The standard InChI is InChI=1S/C14H9ClF3NO2/c1-21-13(20)11-6-9(7-19-12(11)15)8-2-4-10(5-3-8)14(16,17)18/h2-7H,1H3. The fraction of sp³-hybridized carbons (Fsp3) is 0.143. The van der Waals surface area contributed by atoms with E-state index in [4.69, 9.17) is 11.6 Å². The number of nitrogens with zero attached hydrogens (tertiary/aromatic N) is 1. The van der Waals surface area contributed by atoms with Crippen LogP contribution in [0.1, 0.15) is 15.9 Å². The van der Waals surface area contributed by atoms with Gasteiger partial charge < -0.3 is 4.74 Å². The van der Waals surface area contributed by atoms with Crippen molar-refractivity contribution in [3.05, 3.63) is 52.8 Å². The van der Waals surface area contributed by atoms with Gasteiger partial charge in [-0.15, -0.1) is 0 Å². The Morgan fingerprint density at radius 2 is 1.81 bits per heavy atom. The molecule has 0 N–H and O–H groups in total. The smallest absolute Gasteiger partial charge is 0.416 e. The third-order valence-electron chi connectivity index (χ3n) is 2.79. The van der Waals surface area contributed by atoms with Gasteiger partial charge in [0, 0.05) is 11.8 Å². The fourth-order valence-electron chi connectivity index (χ4n) is 1.71. The monoisotopic (exact) mass is 315 g/mol. The fourth-order valence-corrected chi connectivity index (χ4v) is 1.89. The minimum Gasteiger partial charge on any atom is -0.465 e. The third-order valence-corrected chi connectivity index (χ3v) is 3.09. The molecule has 0 fully saturated rings. The summed E-state index contributed by atoms with van der Waals surface area (Å²) < 4.78 is 42.1. The number of halogens is 4. The Morgan fingerprint density at radius 1 is 1.19 bits per heavy atom. The van der Waals surface area contributed by atoms with Crippen LogP contribution in [0, 0.1) is 0 Å². The van der Waals surface area contributed by atoms with E-state index in [0.29, 0.717) is 11.1 Å². The van der Waals surface area contributed by atoms with Crippen LogP contribution in [0.15, 0.2) is 36.5 Å². The van der Waals surface area contributed by atoms with Crippen molar-refractivity contribution in [2.24, 2.45) is 0 Å². The molecule has 0 saturated carbocycles. The summed E-state index contributed by atoms with van der Waals surface area (Å²) in [5, 5.41) is -0.0301. The van der Waals surface area contributed by atoms with Crippen LogP contribution in [0.25, 0.3) is 11.1 Å². The molecule has 0 aliphatic carbocycles. The molecule has 1 aromatic heterocycles. The first-order valence-corrected chi connectivity index (χ1v) is 6.12. The van der Waals surface area contributed by atoms with Gasteiger partial charge in [-0.25, -0.2) is 9.78 Å². The van der Waals surface area contributed by atoms with E-state index in [1.807, 2.05) is 0 Å². The Balaban J connectivity index is 2.41. The van der Waals surface area contributed by atoms with E-state index in [-0.39, 0.29) is 10.7 Å². The first-order chi connectivity index (χ1) is 9.82. The SMILES string of the molecule is COC(=O)c1cc(-c2ccc(C(F)(F)F)cc2)cnc1Cl. The highest BCUT2D eigenvalue weighted by atomic mass is 35.5. The summed E-state index contributed by atoms with van der Waals surface area (Å²) in [6.07, 6.45) is -3.02. The zero-order valence-corrected chi connectivity index (χ0v) is 11.5. The lowest BCUT2D eigenvalue weighted by molar-refractivity contribution is -0.137. The lowest BCUT2D eigenvalue weighted by atomic mass is 10.0. The van der Waals surface area contributed by atoms with Crippen LogP contribution in [0.3, 0.4) is 0 Å². The van der Waals surface area contributed by atoms with Crippen LogP contribution < -0.4 is 0 Å². The van der Waals surface area contributed by atoms with Gasteiger partial charge in [0.2, 0.25) is 0 Å².